The van der Waals surface area contributed by atoms with Crippen LogP contribution in [0.1, 0.15) is 28.8 Å². The summed E-state index contributed by atoms with van der Waals surface area (Å²) in [7, 11) is 0. The zero-order chi connectivity index (χ0) is 30.3. The number of nitrogens with zero attached hydrogens (tertiary/aromatic N) is 2. The van der Waals surface area contributed by atoms with Crippen LogP contribution in [0, 0.1) is 0 Å². The first-order chi connectivity index (χ1) is 22.5. The largest absolute Gasteiger partial charge is 0.339 e. The van der Waals surface area contributed by atoms with Crippen molar-refractivity contribution >= 4 is 111 Å². The zero-order valence-corrected chi connectivity index (χ0v) is 24.2. The van der Waals surface area contributed by atoms with Crippen LogP contribution in [0.3, 0.4) is 0 Å². The Balaban J connectivity index is 1.42. The molecule has 6 aromatic carbocycles. The third kappa shape index (κ3) is 2.28. The monoisotopic (exact) mass is 592 g/mol. The van der Waals surface area contributed by atoms with Crippen molar-refractivity contribution in [3.63, 3.8) is 0 Å². The van der Waals surface area contributed by atoms with E-state index in [1.54, 1.807) is 20.9 Å². The Morgan fingerprint density at radius 3 is 2.22 bits per heavy atom. The van der Waals surface area contributed by atoms with E-state index in [-0.39, 0.29) is 16.9 Å². The highest BCUT2D eigenvalue weighted by Gasteiger charge is 2.31. The molecule has 0 saturated heterocycles. The van der Waals surface area contributed by atoms with E-state index in [1.165, 1.54) is 0 Å². The number of para-hydroxylation sites is 2. The number of fused-ring (bicyclic) bond motifs is 8. The van der Waals surface area contributed by atoms with Gasteiger partial charge in [-0.05, 0) is 76.0 Å². The summed E-state index contributed by atoms with van der Waals surface area (Å²) < 4.78 is 3.52. The number of hydrogen-bond donors (Lipinski definition) is 2. The average molecular weight is 593 g/mol. The lowest BCUT2D eigenvalue weighted by Gasteiger charge is -2.24. The topological polar surface area (TPSA) is 91.6 Å². The second-order valence-corrected chi connectivity index (χ2v) is 12.9. The molecule has 12 rings (SSSR count). The van der Waals surface area contributed by atoms with Gasteiger partial charge in [0, 0.05) is 54.2 Å². The van der Waals surface area contributed by atoms with Gasteiger partial charge in [0.2, 0.25) is 0 Å². The molecular formula is C39H20N4O3. The van der Waals surface area contributed by atoms with Gasteiger partial charge >= 0.3 is 0 Å². The fraction of sp³-hybridized carbons (Fsp3) is 0.0513. The maximum Gasteiger partial charge on any atom is 0.264 e. The van der Waals surface area contributed by atoms with Crippen molar-refractivity contribution in [1.82, 2.24) is 18.8 Å². The van der Waals surface area contributed by atoms with E-state index >= 15 is 0 Å². The summed E-state index contributed by atoms with van der Waals surface area (Å²) in [6.45, 7) is 4.63. The van der Waals surface area contributed by atoms with E-state index in [2.05, 4.69) is 46.9 Å². The van der Waals surface area contributed by atoms with Crippen molar-refractivity contribution in [3.05, 3.63) is 108 Å². The van der Waals surface area contributed by atoms with E-state index in [0.717, 1.165) is 99.3 Å². The van der Waals surface area contributed by atoms with Crippen molar-refractivity contribution in [2.24, 2.45) is 0 Å². The molecule has 46 heavy (non-hydrogen) atoms. The minimum Gasteiger partial charge on any atom is -0.339 e. The Morgan fingerprint density at radius 1 is 0.587 bits per heavy atom. The molecule has 7 heteroatoms. The van der Waals surface area contributed by atoms with E-state index in [9.17, 15) is 14.4 Å². The van der Waals surface area contributed by atoms with Crippen LogP contribution >= 0.6 is 0 Å². The van der Waals surface area contributed by atoms with Gasteiger partial charge in [0.25, 0.3) is 11.1 Å². The minimum absolute atomic E-state index is 0.128. The van der Waals surface area contributed by atoms with E-state index in [4.69, 9.17) is 0 Å². The number of nitrogens with one attached hydrogen (secondary N) is 2. The highest BCUT2D eigenvalue weighted by atomic mass is 16.1. The van der Waals surface area contributed by atoms with Gasteiger partial charge in [-0.2, -0.15) is 0 Å². The molecule has 4 aromatic heterocycles. The average Bonchev–Trinajstić information content (AvgIpc) is 3.67. The molecule has 4 heterocycles. The Bertz CT molecular complexity index is 3500. The number of hydrogen-bond acceptors (Lipinski definition) is 3. The molecule has 0 spiro atoms. The van der Waals surface area contributed by atoms with Crippen LogP contribution in [0.5, 0.6) is 0 Å². The summed E-state index contributed by atoms with van der Waals surface area (Å²) in [5, 5.41) is 12.4. The van der Waals surface area contributed by atoms with E-state index in [0.29, 0.717) is 27.5 Å². The van der Waals surface area contributed by atoms with Crippen molar-refractivity contribution in [2.75, 3.05) is 0 Å². The Kier molecular flexibility index (Phi) is 3.63. The molecular weight excluding hydrogens is 572 g/mol. The van der Waals surface area contributed by atoms with Crippen molar-refractivity contribution in [1.29, 1.82) is 0 Å². The van der Waals surface area contributed by atoms with Crippen LogP contribution in [-0.4, -0.2) is 24.6 Å². The molecule has 10 aromatic rings. The quantitative estimate of drug-likeness (QED) is 0.190. The predicted molar refractivity (Wildman–Crippen MR) is 185 cm³/mol. The van der Waals surface area contributed by atoms with Crippen LogP contribution in [0.4, 0.5) is 0 Å². The van der Waals surface area contributed by atoms with E-state index in [1.807, 2.05) is 30.3 Å². The molecule has 0 atom stereocenters. The fourth-order valence-electron chi connectivity index (χ4n) is 8.94. The van der Waals surface area contributed by atoms with Gasteiger partial charge in [0.05, 0.1) is 21.7 Å². The minimum atomic E-state index is -0.138. The Hall–Kier alpha value is -6.21. The molecule has 2 aliphatic carbocycles. The Labute approximate surface area is 255 Å². The maximum atomic E-state index is 14.6. The fourth-order valence-corrected chi connectivity index (χ4v) is 8.94. The van der Waals surface area contributed by atoms with Gasteiger partial charge in [0.1, 0.15) is 11.3 Å². The van der Waals surface area contributed by atoms with Gasteiger partial charge in [0.15, 0.2) is 5.78 Å². The maximum absolute atomic E-state index is 14.6. The number of H-pyrrole nitrogens is 2. The Morgan fingerprint density at radius 2 is 1.30 bits per heavy atom. The van der Waals surface area contributed by atoms with Crippen LogP contribution in [0.15, 0.2) is 70.3 Å². The summed E-state index contributed by atoms with van der Waals surface area (Å²) in [5.41, 5.74) is 3.91. The first-order valence-electron chi connectivity index (χ1n) is 15.5. The molecule has 0 amide bonds. The summed E-state index contributed by atoms with van der Waals surface area (Å²) in [6, 6.07) is 19.5. The molecule has 2 aliphatic rings. The zero-order valence-electron chi connectivity index (χ0n) is 24.2. The summed E-state index contributed by atoms with van der Waals surface area (Å²) in [4.78, 5) is 50.2. The lowest BCUT2D eigenvalue weighted by atomic mass is 9.78. The second kappa shape index (κ2) is 7.19. The van der Waals surface area contributed by atoms with Crippen molar-refractivity contribution in [3.8, 4) is 0 Å². The highest BCUT2D eigenvalue weighted by Crippen LogP contribution is 2.47. The molecule has 2 N–H and O–H groups in total. The van der Waals surface area contributed by atoms with Crippen LogP contribution < -0.4 is 27.0 Å². The lowest BCUT2D eigenvalue weighted by molar-refractivity contribution is 0.104. The predicted octanol–water partition coefficient (Wildman–Crippen LogP) is 5.11. The number of aromatic amines is 2. The number of ketones is 1. The standard InChI is InChI=1S/C39H20N4O3/c1-16-17-10-12-19-29-24(39(46)42-27-8-4-2-6-25(27)40-36(19)42)15-22-34(31(17)29)33-21(16)14-23-30-20(13-11-18(32(30)33)35(22)44)38(45)43-28-9-5-3-7-26(28)41-37(23)43/h3,5-15,40-41H,1-2,4H2. The number of rotatable bonds is 0. The molecule has 0 saturated carbocycles. The third-order valence-electron chi connectivity index (χ3n) is 10.8. The molecule has 7 nitrogen and oxygen atoms in total. The van der Waals surface area contributed by atoms with Gasteiger partial charge in [-0.15, -0.1) is 0 Å². The number of benzene rings is 6. The molecule has 0 unspecified atom stereocenters. The number of carbonyl (C=O) groups is 1. The number of imidazole rings is 2. The number of carbonyl (C=O) groups excluding carboxylic acids is 1. The normalized spacial score (nSPS) is 14.6. The number of aromatic nitrogens is 4. The van der Waals surface area contributed by atoms with Gasteiger partial charge in [-0.1, -0.05) is 43.0 Å². The van der Waals surface area contributed by atoms with Gasteiger partial charge < -0.3 is 9.97 Å². The van der Waals surface area contributed by atoms with Crippen molar-refractivity contribution < 1.29 is 4.79 Å². The highest BCUT2D eigenvalue weighted by molar-refractivity contribution is 6.45. The van der Waals surface area contributed by atoms with E-state index < -0.39 is 0 Å². The second-order valence-electron chi connectivity index (χ2n) is 12.9. The third-order valence-corrected chi connectivity index (χ3v) is 10.8. The van der Waals surface area contributed by atoms with Crippen molar-refractivity contribution in [2.45, 2.75) is 12.8 Å². The van der Waals surface area contributed by atoms with Gasteiger partial charge in [-0.3, -0.25) is 23.2 Å². The molecule has 0 bridgehead atoms. The summed E-state index contributed by atoms with van der Waals surface area (Å²) >= 11 is 0. The molecule has 0 aliphatic heterocycles. The van der Waals surface area contributed by atoms with Crippen LogP contribution in [-0.2, 0) is 0 Å². The molecule has 0 fully saturated rings. The molecule has 0 radical (unpaired) electrons. The smallest absolute Gasteiger partial charge is 0.264 e. The first kappa shape index (κ1) is 23.2. The number of pyridine rings is 2. The first-order valence-corrected chi connectivity index (χ1v) is 15.5. The SMILES string of the molecule is C=c1c2cc3c4c(ccc5c4c2c2c(cc4c(=O)n6c7c([nH]c6c6ccc1c2c46)=CCCC=7)C5=O)c(=O)n1c2ccccc2[nH]c31. The van der Waals surface area contributed by atoms with Crippen LogP contribution in [0.2, 0.25) is 0 Å². The molecule has 214 valence electrons. The lowest BCUT2D eigenvalue weighted by Crippen LogP contribution is -2.34. The van der Waals surface area contributed by atoms with Gasteiger partial charge in [-0.25, -0.2) is 0 Å². The summed E-state index contributed by atoms with van der Waals surface area (Å²) in [5.74, 6) is -0.138. The summed E-state index contributed by atoms with van der Waals surface area (Å²) in [6.07, 6.45) is 6.04. The van der Waals surface area contributed by atoms with Crippen LogP contribution in [0.25, 0.3) is 106 Å².